The summed E-state index contributed by atoms with van der Waals surface area (Å²) in [5.74, 6) is -2.90. The third-order valence-corrected chi connectivity index (χ3v) is 4.51. The summed E-state index contributed by atoms with van der Waals surface area (Å²) in [6.07, 6.45) is -6.77. The number of halogens is 6. The number of nitrogens with zero attached hydrogens (tertiary/aromatic N) is 2. The molecule has 1 fully saturated rings. The Hall–Kier alpha value is -3.03. The molecule has 3 rings (SSSR count). The molecule has 1 saturated heterocycles. The average molecular weight is 420 g/mol. The van der Waals surface area contributed by atoms with Crippen molar-refractivity contribution in [3.8, 4) is 6.07 Å². The molecule has 1 aliphatic heterocycles. The maximum Gasteiger partial charge on any atom is 0.490 e. The zero-order valence-corrected chi connectivity index (χ0v) is 14.6. The Bertz CT molecular complexity index is 877. The quantitative estimate of drug-likeness (QED) is 0.696. The van der Waals surface area contributed by atoms with E-state index in [-0.39, 0.29) is 16.8 Å². The largest absolute Gasteiger partial charge is 0.490 e. The number of carbonyl (C=O) groups excluding carboxylic acids is 1. The number of hydrogen-bond acceptors (Lipinski definition) is 4. The highest BCUT2D eigenvalue weighted by molar-refractivity contribution is 6.00. The van der Waals surface area contributed by atoms with E-state index >= 15 is 0 Å². The number of allylic oxidation sites excluding steroid dienone is 1. The van der Waals surface area contributed by atoms with Crippen molar-refractivity contribution in [2.24, 2.45) is 5.41 Å². The van der Waals surface area contributed by atoms with Crippen molar-refractivity contribution in [3.63, 3.8) is 0 Å². The van der Waals surface area contributed by atoms with Crippen LogP contribution in [0, 0.1) is 16.7 Å². The Morgan fingerprint density at radius 2 is 1.76 bits per heavy atom. The molecular formula is C18H14F6N2O3. The fourth-order valence-electron chi connectivity index (χ4n) is 3.08. The van der Waals surface area contributed by atoms with Crippen LogP contribution < -0.4 is 4.90 Å². The van der Waals surface area contributed by atoms with Crippen molar-refractivity contribution in [1.82, 2.24) is 0 Å². The smallest absolute Gasteiger partial charge is 0.475 e. The van der Waals surface area contributed by atoms with Crippen LogP contribution >= 0.6 is 0 Å². The molecular weight excluding hydrogens is 406 g/mol. The molecule has 0 bridgehead atoms. The molecule has 2 aliphatic rings. The lowest BCUT2D eigenvalue weighted by Crippen LogP contribution is -2.56. The van der Waals surface area contributed by atoms with Gasteiger partial charge in [0.1, 0.15) is 6.07 Å². The number of hydrogen-bond donors (Lipinski definition) is 1. The lowest BCUT2D eigenvalue weighted by molar-refractivity contribution is -0.192. The van der Waals surface area contributed by atoms with Crippen molar-refractivity contribution < 1.29 is 41.0 Å². The lowest BCUT2D eigenvalue weighted by Gasteiger charge is -2.51. The van der Waals surface area contributed by atoms with Crippen LogP contribution in [0.25, 0.3) is 0 Å². The van der Waals surface area contributed by atoms with Gasteiger partial charge in [0.15, 0.2) is 5.78 Å². The van der Waals surface area contributed by atoms with E-state index in [0.29, 0.717) is 31.6 Å². The summed E-state index contributed by atoms with van der Waals surface area (Å²) in [6, 6.07) is 7.12. The first-order valence-electron chi connectivity index (χ1n) is 8.16. The molecule has 11 heteroatoms. The van der Waals surface area contributed by atoms with Gasteiger partial charge in [-0.15, -0.1) is 0 Å². The van der Waals surface area contributed by atoms with Crippen molar-refractivity contribution in [2.45, 2.75) is 25.2 Å². The van der Waals surface area contributed by atoms with Gasteiger partial charge in [0.25, 0.3) is 0 Å². The number of carboxylic acids is 1. The minimum Gasteiger partial charge on any atom is -0.475 e. The van der Waals surface area contributed by atoms with E-state index in [1.807, 2.05) is 11.0 Å². The van der Waals surface area contributed by atoms with Crippen LogP contribution in [0.1, 0.15) is 18.4 Å². The van der Waals surface area contributed by atoms with Gasteiger partial charge < -0.3 is 10.0 Å². The van der Waals surface area contributed by atoms with E-state index in [9.17, 15) is 31.1 Å². The molecule has 0 aromatic heterocycles. The summed E-state index contributed by atoms with van der Waals surface area (Å²) in [5, 5.41) is 16.1. The van der Waals surface area contributed by atoms with Crippen LogP contribution in [-0.2, 0) is 15.8 Å². The predicted octanol–water partition coefficient (Wildman–Crippen LogP) is 3.96. The topological polar surface area (TPSA) is 81.4 Å². The molecule has 1 spiro atoms. The van der Waals surface area contributed by atoms with E-state index in [1.165, 1.54) is 6.07 Å². The molecule has 29 heavy (non-hydrogen) atoms. The van der Waals surface area contributed by atoms with Crippen molar-refractivity contribution in [2.75, 3.05) is 18.0 Å². The Morgan fingerprint density at radius 1 is 1.17 bits per heavy atom. The molecule has 0 amide bonds. The van der Waals surface area contributed by atoms with Gasteiger partial charge in [0.2, 0.25) is 0 Å². The molecule has 5 nitrogen and oxygen atoms in total. The van der Waals surface area contributed by atoms with Crippen LogP contribution in [0.5, 0.6) is 0 Å². The average Bonchev–Trinajstić information content (AvgIpc) is 2.59. The number of ketones is 1. The van der Waals surface area contributed by atoms with Crippen molar-refractivity contribution in [1.29, 1.82) is 5.26 Å². The fourth-order valence-corrected chi connectivity index (χ4v) is 3.08. The van der Waals surface area contributed by atoms with Crippen molar-refractivity contribution >= 4 is 17.4 Å². The van der Waals surface area contributed by atoms with Crippen LogP contribution in [0.2, 0.25) is 0 Å². The number of carbonyl (C=O) groups is 2. The van der Waals surface area contributed by atoms with Crippen LogP contribution in [-0.4, -0.2) is 36.1 Å². The second kappa shape index (κ2) is 7.77. The number of aliphatic carboxylic acids is 1. The number of nitriles is 1. The number of Topliss-reactive ketones (excluding diaryl/α,β-unsaturated/α-hetero) is 1. The Kier molecular flexibility index (Phi) is 5.96. The maximum absolute atomic E-state index is 12.7. The minimum atomic E-state index is -5.08. The first-order valence-corrected chi connectivity index (χ1v) is 8.16. The molecule has 0 radical (unpaired) electrons. The van der Waals surface area contributed by atoms with Gasteiger partial charge in [-0.1, -0.05) is 12.1 Å². The summed E-state index contributed by atoms with van der Waals surface area (Å²) in [6.45, 7) is 1.07. The molecule has 1 aromatic carbocycles. The molecule has 1 aliphatic carbocycles. The standard InChI is InChI=1S/C16H13F3N2O.C2HF3O2/c17-16(18,19)12-2-1-3-13(6-12)21-9-15(10-21)5-4-14(22)11(7-15)8-20;3-2(4,5)1(6)7/h1-3,6-7H,4-5,9-10H2;(H,6,7). The second-order valence-corrected chi connectivity index (χ2v) is 6.66. The van der Waals surface area contributed by atoms with Crippen molar-refractivity contribution in [3.05, 3.63) is 41.5 Å². The molecule has 156 valence electrons. The summed E-state index contributed by atoms with van der Waals surface area (Å²) < 4.78 is 70.0. The van der Waals surface area contributed by atoms with E-state index in [4.69, 9.17) is 15.2 Å². The molecule has 0 atom stereocenters. The highest BCUT2D eigenvalue weighted by Crippen LogP contribution is 2.43. The Balaban J connectivity index is 0.000000370. The molecule has 1 aromatic rings. The normalized spacial score (nSPS) is 18.2. The first kappa shape index (κ1) is 22.3. The number of alkyl halides is 6. The van der Waals surface area contributed by atoms with Gasteiger partial charge in [-0.2, -0.15) is 31.6 Å². The summed E-state index contributed by atoms with van der Waals surface area (Å²) in [5.41, 5.74) is -0.232. The highest BCUT2D eigenvalue weighted by atomic mass is 19.4. The van der Waals surface area contributed by atoms with Gasteiger partial charge in [-0.25, -0.2) is 4.79 Å². The maximum atomic E-state index is 12.7. The zero-order valence-electron chi connectivity index (χ0n) is 14.6. The molecule has 0 saturated carbocycles. The van der Waals surface area contributed by atoms with Gasteiger partial charge in [-0.05, 0) is 24.6 Å². The van der Waals surface area contributed by atoms with E-state index in [0.717, 1.165) is 12.1 Å². The third kappa shape index (κ3) is 5.28. The number of anilines is 1. The van der Waals surface area contributed by atoms with E-state index in [1.54, 1.807) is 12.1 Å². The lowest BCUT2D eigenvalue weighted by atomic mass is 9.70. The summed E-state index contributed by atoms with van der Waals surface area (Å²) in [7, 11) is 0. The first-order chi connectivity index (χ1) is 13.3. The molecule has 0 unspecified atom stereocenters. The summed E-state index contributed by atoms with van der Waals surface area (Å²) in [4.78, 5) is 22.3. The van der Waals surface area contributed by atoms with Gasteiger partial charge >= 0.3 is 18.3 Å². The molecule has 1 N–H and O–H groups in total. The number of rotatable bonds is 1. The third-order valence-electron chi connectivity index (χ3n) is 4.51. The van der Waals surface area contributed by atoms with Gasteiger partial charge in [0, 0.05) is 30.6 Å². The van der Waals surface area contributed by atoms with Gasteiger partial charge in [0.05, 0.1) is 11.1 Å². The van der Waals surface area contributed by atoms with Crippen LogP contribution in [0.15, 0.2) is 35.9 Å². The Labute approximate surface area is 160 Å². The predicted molar refractivity (Wildman–Crippen MR) is 87.7 cm³/mol. The summed E-state index contributed by atoms with van der Waals surface area (Å²) >= 11 is 0. The number of benzene rings is 1. The molecule has 1 heterocycles. The second-order valence-electron chi connectivity index (χ2n) is 6.66. The van der Waals surface area contributed by atoms with E-state index in [2.05, 4.69) is 0 Å². The van der Waals surface area contributed by atoms with Crippen LogP contribution in [0.3, 0.4) is 0 Å². The van der Waals surface area contributed by atoms with Gasteiger partial charge in [-0.3, -0.25) is 4.79 Å². The number of carboxylic acid groups (broad SMARTS) is 1. The SMILES string of the molecule is N#CC1=CC2(CCC1=O)CN(c1cccc(C(F)(F)F)c1)C2.O=C(O)C(F)(F)F. The van der Waals surface area contributed by atoms with E-state index < -0.39 is 23.9 Å². The zero-order chi connectivity index (χ0) is 22.0. The fraction of sp³-hybridized carbons (Fsp3) is 0.389. The Morgan fingerprint density at radius 3 is 2.24 bits per heavy atom. The van der Waals surface area contributed by atoms with Crippen LogP contribution in [0.4, 0.5) is 32.0 Å². The minimum absolute atomic E-state index is 0.148. The highest BCUT2D eigenvalue weighted by Gasteiger charge is 2.45. The monoisotopic (exact) mass is 420 g/mol.